The molecule has 0 saturated carbocycles. The molecule has 18 heavy (non-hydrogen) atoms. The number of rotatable bonds is 5. The molecule has 2 rings (SSSR count). The molecule has 1 fully saturated rings. The van der Waals surface area contributed by atoms with Gasteiger partial charge in [-0.1, -0.05) is 6.07 Å². The normalized spacial score (nSPS) is 18.7. The molecular weight excluding hydrogens is 232 g/mol. The summed E-state index contributed by atoms with van der Waals surface area (Å²) in [6.45, 7) is 3.25. The van der Waals surface area contributed by atoms with Crippen molar-refractivity contribution in [1.29, 1.82) is 0 Å². The van der Waals surface area contributed by atoms with Gasteiger partial charge in [0.25, 0.3) is 0 Å². The zero-order chi connectivity index (χ0) is 13.0. The van der Waals surface area contributed by atoms with E-state index in [2.05, 4.69) is 0 Å². The van der Waals surface area contributed by atoms with Crippen molar-refractivity contribution in [2.45, 2.75) is 13.3 Å². The van der Waals surface area contributed by atoms with Gasteiger partial charge in [0.05, 0.1) is 13.7 Å². The highest BCUT2D eigenvalue weighted by Gasteiger charge is 2.23. The van der Waals surface area contributed by atoms with Crippen LogP contribution in [-0.2, 0) is 9.53 Å². The van der Waals surface area contributed by atoms with E-state index in [4.69, 9.17) is 14.2 Å². The summed E-state index contributed by atoms with van der Waals surface area (Å²) in [7, 11) is 1.59. The number of benzene rings is 1. The number of methoxy groups -OCH3 is 1. The molecule has 0 N–H and O–H groups in total. The highest BCUT2D eigenvalue weighted by atomic mass is 16.5. The molecular formula is C14H18O4. The summed E-state index contributed by atoms with van der Waals surface area (Å²) >= 11 is 0. The summed E-state index contributed by atoms with van der Waals surface area (Å²) in [5.41, 5.74) is 1.09. The van der Waals surface area contributed by atoms with Gasteiger partial charge < -0.3 is 14.2 Å². The number of hydrogen-bond donors (Lipinski definition) is 0. The lowest BCUT2D eigenvalue weighted by Gasteiger charge is -2.12. The second-order valence-corrected chi connectivity index (χ2v) is 4.47. The Morgan fingerprint density at radius 3 is 2.94 bits per heavy atom. The van der Waals surface area contributed by atoms with Crippen LogP contribution < -0.4 is 9.47 Å². The number of carbonyl (C=O) groups is 1. The lowest BCUT2D eigenvalue weighted by Crippen LogP contribution is -2.21. The zero-order valence-corrected chi connectivity index (χ0v) is 10.8. The fourth-order valence-corrected chi connectivity index (χ4v) is 1.95. The maximum atomic E-state index is 11.8. The van der Waals surface area contributed by atoms with Crippen LogP contribution in [0.3, 0.4) is 0 Å². The van der Waals surface area contributed by atoms with Gasteiger partial charge in [-0.15, -0.1) is 0 Å². The van der Waals surface area contributed by atoms with Crippen LogP contribution in [0.1, 0.15) is 12.0 Å². The molecule has 0 aromatic heterocycles. The van der Waals surface area contributed by atoms with E-state index in [1.165, 1.54) is 0 Å². The number of ether oxygens (including phenoxy) is 3. The standard InChI is InChI=1S/C14H18O4/c1-10-3-4-13(14(7-10)16-2)18-9-12(15)11-5-6-17-8-11/h3-4,7,11H,5-6,8-9H2,1-2H3. The summed E-state index contributed by atoms with van der Waals surface area (Å²) in [6.07, 6.45) is 0.799. The van der Waals surface area contributed by atoms with E-state index in [1.54, 1.807) is 7.11 Å². The Balaban J connectivity index is 1.95. The Hall–Kier alpha value is -1.55. The Kier molecular flexibility index (Phi) is 4.20. The largest absolute Gasteiger partial charge is 0.493 e. The molecule has 0 bridgehead atoms. The number of carbonyl (C=O) groups excluding carboxylic acids is 1. The molecule has 1 aromatic carbocycles. The second-order valence-electron chi connectivity index (χ2n) is 4.47. The molecule has 1 saturated heterocycles. The number of hydrogen-bond acceptors (Lipinski definition) is 4. The predicted molar refractivity (Wildman–Crippen MR) is 67.2 cm³/mol. The van der Waals surface area contributed by atoms with Gasteiger partial charge >= 0.3 is 0 Å². The summed E-state index contributed by atoms with van der Waals surface area (Å²) < 4.78 is 15.9. The first kappa shape index (κ1) is 12.9. The molecule has 0 radical (unpaired) electrons. The average molecular weight is 250 g/mol. The number of Topliss-reactive ketones (excluding diaryl/α,β-unsaturated/α-hetero) is 1. The SMILES string of the molecule is COc1cc(C)ccc1OCC(=O)C1CCOC1. The molecule has 98 valence electrons. The van der Waals surface area contributed by atoms with E-state index in [-0.39, 0.29) is 18.3 Å². The van der Waals surface area contributed by atoms with E-state index in [0.29, 0.717) is 24.7 Å². The van der Waals surface area contributed by atoms with Gasteiger partial charge in [-0.05, 0) is 31.0 Å². The predicted octanol–water partition coefficient (Wildman–Crippen LogP) is 1.99. The van der Waals surface area contributed by atoms with Gasteiger partial charge in [0.2, 0.25) is 0 Å². The topological polar surface area (TPSA) is 44.8 Å². The van der Waals surface area contributed by atoms with Gasteiger partial charge in [0.15, 0.2) is 17.3 Å². The molecule has 1 aromatic rings. The van der Waals surface area contributed by atoms with Crippen molar-refractivity contribution in [1.82, 2.24) is 0 Å². The molecule has 0 amide bonds. The second kappa shape index (κ2) is 5.87. The summed E-state index contributed by atoms with van der Waals surface area (Å²) in [5, 5.41) is 0. The molecule has 1 atom stereocenters. The van der Waals surface area contributed by atoms with Gasteiger partial charge in [0, 0.05) is 12.5 Å². The Morgan fingerprint density at radius 2 is 2.28 bits per heavy atom. The van der Waals surface area contributed by atoms with Gasteiger partial charge in [-0.2, -0.15) is 0 Å². The minimum absolute atomic E-state index is 0.0126. The van der Waals surface area contributed by atoms with Crippen LogP contribution in [0, 0.1) is 12.8 Å². The lowest BCUT2D eigenvalue weighted by molar-refractivity contribution is -0.124. The average Bonchev–Trinajstić information content (AvgIpc) is 2.90. The fourth-order valence-electron chi connectivity index (χ4n) is 1.95. The van der Waals surface area contributed by atoms with Crippen molar-refractivity contribution in [2.75, 3.05) is 26.9 Å². The van der Waals surface area contributed by atoms with E-state index >= 15 is 0 Å². The summed E-state index contributed by atoms with van der Waals surface area (Å²) in [5.74, 6) is 1.34. The molecule has 1 unspecified atom stereocenters. The third kappa shape index (κ3) is 3.01. The van der Waals surface area contributed by atoms with Crippen molar-refractivity contribution in [3.63, 3.8) is 0 Å². The van der Waals surface area contributed by atoms with E-state index in [9.17, 15) is 4.79 Å². The number of ketones is 1. The first-order valence-electron chi connectivity index (χ1n) is 6.08. The van der Waals surface area contributed by atoms with Crippen LogP contribution in [0.4, 0.5) is 0 Å². The van der Waals surface area contributed by atoms with E-state index in [0.717, 1.165) is 12.0 Å². The minimum Gasteiger partial charge on any atom is -0.493 e. The monoisotopic (exact) mass is 250 g/mol. The Morgan fingerprint density at radius 1 is 1.44 bits per heavy atom. The first-order chi connectivity index (χ1) is 8.70. The summed E-state index contributed by atoms with van der Waals surface area (Å²) in [6, 6.07) is 5.64. The van der Waals surface area contributed by atoms with Crippen molar-refractivity contribution >= 4 is 5.78 Å². The van der Waals surface area contributed by atoms with Crippen molar-refractivity contribution in [3.05, 3.63) is 23.8 Å². The van der Waals surface area contributed by atoms with Crippen LogP contribution in [-0.4, -0.2) is 32.7 Å². The highest BCUT2D eigenvalue weighted by molar-refractivity contribution is 5.82. The van der Waals surface area contributed by atoms with Gasteiger partial charge in [-0.3, -0.25) is 4.79 Å². The maximum Gasteiger partial charge on any atom is 0.175 e. The molecule has 1 heterocycles. The number of aryl methyl sites for hydroxylation is 1. The van der Waals surface area contributed by atoms with Crippen molar-refractivity contribution in [2.24, 2.45) is 5.92 Å². The molecule has 4 nitrogen and oxygen atoms in total. The van der Waals surface area contributed by atoms with Crippen LogP contribution in [0.15, 0.2) is 18.2 Å². The molecule has 1 aliphatic rings. The maximum absolute atomic E-state index is 11.8. The Labute approximate surface area is 107 Å². The quantitative estimate of drug-likeness (QED) is 0.801. The molecule has 4 heteroatoms. The van der Waals surface area contributed by atoms with E-state index in [1.807, 2.05) is 25.1 Å². The summed E-state index contributed by atoms with van der Waals surface area (Å²) in [4.78, 5) is 11.8. The van der Waals surface area contributed by atoms with Gasteiger partial charge in [0.1, 0.15) is 6.61 Å². The van der Waals surface area contributed by atoms with Crippen LogP contribution in [0.25, 0.3) is 0 Å². The molecule has 0 aliphatic carbocycles. The minimum atomic E-state index is -0.0126. The third-order valence-corrected chi connectivity index (χ3v) is 3.07. The highest BCUT2D eigenvalue weighted by Crippen LogP contribution is 2.28. The Bertz CT molecular complexity index is 422. The zero-order valence-electron chi connectivity index (χ0n) is 10.8. The van der Waals surface area contributed by atoms with Crippen LogP contribution in [0.2, 0.25) is 0 Å². The third-order valence-electron chi connectivity index (χ3n) is 3.07. The van der Waals surface area contributed by atoms with Crippen molar-refractivity contribution < 1.29 is 19.0 Å². The smallest absolute Gasteiger partial charge is 0.175 e. The lowest BCUT2D eigenvalue weighted by atomic mass is 10.0. The van der Waals surface area contributed by atoms with Gasteiger partial charge in [-0.25, -0.2) is 0 Å². The van der Waals surface area contributed by atoms with Crippen molar-refractivity contribution in [3.8, 4) is 11.5 Å². The molecule has 1 aliphatic heterocycles. The van der Waals surface area contributed by atoms with Crippen LogP contribution in [0.5, 0.6) is 11.5 Å². The fraction of sp³-hybridized carbons (Fsp3) is 0.500. The van der Waals surface area contributed by atoms with Crippen LogP contribution >= 0.6 is 0 Å². The van der Waals surface area contributed by atoms with E-state index < -0.39 is 0 Å². The first-order valence-corrected chi connectivity index (χ1v) is 6.08. The molecule has 0 spiro atoms.